The lowest BCUT2D eigenvalue weighted by Gasteiger charge is -2.08. The summed E-state index contributed by atoms with van der Waals surface area (Å²) >= 11 is 5.94. The van der Waals surface area contributed by atoms with Gasteiger partial charge in [-0.1, -0.05) is 17.7 Å². The molecule has 106 valence electrons. The van der Waals surface area contributed by atoms with Gasteiger partial charge in [0.15, 0.2) is 0 Å². The Labute approximate surface area is 125 Å². The first-order valence-electron chi connectivity index (χ1n) is 6.00. The fraction of sp³-hybridized carbons (Fsp3) is 0. The number of aromatic nitrogens is 5. The van der Waals surface area contributed by atoms with Gasteiger partial charge in [-0.05, 0) is 24.3 Å². The summed E-state index contributed by atoms with van der Waals surface area (Å²) in [5.41, 5.74) is 3.15. The van der Waals surface area contributed by atoms with Crippen LogP contribution in [0.15, 0.2) is 42.7 Å². The number of hydrazine groups is 1. The first-order valence-corrected chi connectivity index (χ1v) is 6.38. The summed E-state index contributed by atoms with van der Waals surface area (Å²) < 4.78 is 1.51. The van der Waals surface area contributed by atoms with Crippen molar-refractivity contribution in [2.75, 3.05) is 10.7 Å². The van der Waals surface area contributed by atoms with E-state index < -0.39 is 0 Å². The predicted molar refractivity (Wildman–Crippen MR) is 79.5 cm³/mol. The van der Waals surface area contributed by atoms with E-state index in [0.29, 0.717) is 16.9 Å². The molecule has 0 spiro atoms. The molecule has 3 rings (SSSR count). The van der Waals surface area contributed by atoms with Crippen LogP contribution < -0.4 is 16.6 Å². The zero-order valence-corrected chi connectivity index (χ0v) is 11.5. The van der Waals surface area contributed by atoms with Crippen molar-refractivity contribution in [3.8, 4) is 5.95 Å². The van der Waals surface area contributed by atoms with Gasteiger partial charge < -0.3 is 5.32 Å². The quantitative estimate of drug-likeness (QED) is 0.498. The third-order valence-corrected chi connectivity index (χ3v) is 2.78. The van der Waals surface area contributed by atoms with Crippen molar-refractivity contribution >= 4 is 29.2 Å². The lowest BCUT2D eigenvalue weighted by atomic mass is 10.3. The van der Waals surface area contributed by atoms with Gasteiger partial charge in [0, 0.05) is 23.1 Å². The molecule has 0 bridgehead atoms. The van der Waals surface area contributed by atoms with Crippen molar-refractivity contribution in [2.45, 2.75) is 0 Å². The van der Waals surface area contributed by atoms with E-state index in [9.17, 15) is 0 Å². The molecule has 2 heterocycles. The molecule has 0 aliphatic carbocycles. The van der Waals surface area contributed by atoms with E-state index in [-0.39, 0.29) is 5.95 Å². The maximum Gasteiger partial charge on any atom is 0.257 e. The Morgan fingerprint density at radius 2 is 1.95 bits per heavy atom. The van der Waals surface area contributed by atoms with E-state index in [1.165, 1.54) is 4.68 Å². The summed E-state index contributed by atoms with van der Waals surface area (Å²) in [6.07, 6.45) is 3.35. The van der Waals surface area contributed by atoms with E-state index in [1.54, 1.807) is 30.6 Å². The molecule has 0 radical (unpaired) electrons. The van der Waals surface area contributed by atoms with Crippen LogP contribution in [-0.2, 0) is 0 Å². The molecule has 0 unspecified atom stereocenters. The Kier molecular flexibility index (Phi) is 3.63. The lowest BCUT2D eigenvalue weighted by Crippen LogP contribution is -2.15. The first-order chi connectivity index (χ1) is 10.2. The van der Waals surface area contributed by atoms with Crippen LogP contribution >= 0.6 is 11.6 Å². The second-order valence-electron chi connectivity index (χ2n) is 4.01. The zero-order valence-electron chi connectivity index (χ0n) is 10.7. The highest BCUT2D eigenvalue weighted by molar-refractivity contribution is 6.30. The molecule has 8 nitrogen and oxygen atoms in total. The lowest BCUT2D eigenvalue weighted by molar-refractivity contribution is 0.799. The van der Waals surface area contributed by atoms with Gasteiger partial charge in [-0.3, -0.25) is 5.43 Å². The first kappa shape index (κ1) is 13.3. The molecule has 4 N–H and O–H groups in total. The van der Waals surface area contributed by atoms with E-state index in [2.05, 4.69) is 30.8 Å². The summed E-state index contributed by atoms with van der Waals surface area (Å²) in [4.78, 5) is 12.5. The van der Waals surface area contributed by atoms with Gasteiger partial charge in [-0.25, -0.2) is 10.5 Å². The van der Waals surface area contributed by atoms with E-state index in [0.717, 1.165) is 5.69 Å². The van der Waals surface area contributed by atoms with Crippen LogP contribution in [0.25, 0.3) is 5.95 Å². The number of rotatable bonds is 4. The van der Waals surface area contributed by atoms with Crippen molar-refractivity contribution in [1.82, 2.24) is 24.7 Å². The molecule has 21 heavy (non-hydrogen) atoms. The zero-order chi connectivity index (χ0) is 14.7. The molecule has 0 aliphatic rings. The molecular weight excluding hydrogens is 292 g/mol. The molecule has 0 aliphatic heterocycles. The molecule has 1 aromatic carbocycles. The monoisotopic (exact) mass is 302 g/mol. The van der Waals surface area contributed by atoms with Gasteiger partial charge in [0.1, 0.15) is 0 Å². The van der Waals surface area contributed by atoms with Crippen LogP contribution in [0.1, 0.15) is 0 Å². The van der Waals surface area contributed by atoms with Crippen LogP contribution in [0.3, 0.4) is 0 Å². The van der Waals surface area contributed by atoms with Crippen LogP contribution in [0.4, 0.5) is 17.6 Å². The van der Waals surface area contributed by atoms with Crippen LogP contribution in [0, 0.1) is 0 Å². The van der Waals surface area contributed by atoms with E-state index >= 15 is 0 Å². The van der Waals surface area contributed by atoms with Gasteiger partial charge in [-0.15, -0.1) is 0 Å². The van der Waals surface area contributed by atoms with Gasteiger partial charge in [0.05, 0.1) is 0 Å². The maximum absolute atomic E-state index is 5.94. The fourth-order valence-electron chi connectivity index (χ4n) is 1.67. The van der Waals surface area contributed by atoms with Crippen LogP contribution in [0.2, 0.25) is 5.02 Å². The Hall–Kier alpha value is -2.71. The Balaban J connectivity index is 1.96. The highest BCUT2D eigenvalue weighted by atomic mass is 35.5. The number of nitrogen functional groups attached to an aromatic ring is 1. The highest BCUT2D eigenvalue weighted by Gasteiger charge is 2.08. The van der Waals surface area contributed by atoms with Gasteiger partial charge in [-0.2, -0.15) is 20.1 Å². The molecule has 3 aromatic rings. The third kappa shape index (κ3) is 3.07. The summed E-state index contributed by atoms with van der Waals surface area (Å²) in [6, 6.07) is 8.97. The number of anilines is 3. The minimum absolute atomic E-state index is 0.222. The van der Waals surface area contributed by atoms with E-state index in [4.69, 9.17) is 17.4 Å². The van der Waals surface area contributed by atoms with Gasteiger partial charge in [0.25, 0.3) is 5.95 Å². The average Bonchev–Trinajstić information content (AvgIpc) is 3.01. The van der Waals surface area contributed by atoms with Crippen molar-refractivity contribution in [3.63, 3.8) is 0 Å². The van der Waals surface area contributed by atoms with Crippen LogP contribution in [-0.4, -0.2) is 24.7 Å². The third-order valence-electron chi connectivity index (χ3n) is 2.54. The van der Waals surface area contributed by atoms with Crippen molar-refractivity contribution in [2.24, 2.45) is 5.84 Å². The van der Waals surface area contributed by atoms with Crippen molar-refractivity contribution in [1.29, 1.82) is 0 Å². The minimum Gasteiger partial charge on any atom is -0.324 e. The molecular formula is C12H11ClN8. The Morgan fingerprint density at radius 1 is 1.10 bits per heavy atom. The second-order valence-corrected chi connectivity index (χ2v) is 4.45. The molecule has 2 aromatic heterocycles. The van der Waals surface area contributed by atoms with Gasteiger partial charge >= 0.3 is 0 Å². The molecule has 0 atom stereocenters. The highest BCUT2D eigenvalue weighted by Crippen LogP contribution is 2.18. The molecule has 0 saturated heterocycles. The molecule has 0 saturated carbocycles. The molecule has 0 fully saturated rings. The van der Waals surface area contributed by atoms with Crippen molar-refractivity contribution in [3.05, 3.63) is 47.7 Å². The number of nitrogens with one attached hydrogen (secondary N) is 2. The summed E-state index contributed by atoms with van der Waals surface area (Å²) in [5.74, 6) is 6.26. The van der Waals surface area contributed by atoms with Crippen molar-refractivity contribution < 1.29 is 0 Å². The Bertz CT molecular complexity index is 743. The number of nitrogens with two attached hydrogens (primary N) is 1. The van der Waals surface area contributed by atoms with Gasteiger partial charge in [0.2, 0.25) is 11.9 Å². The topological polar surface area (TPSA) is 107 Å². The summed E-state index contributed by atoms with van der Waals surface area (Å²) in [5, 5.41) is 7.72. The number of nitrogens with zero attached hydrogens (tertiary/aromatic N) is 5. The molecule has 0 amide bonds. The molecule has 9 heteroatoms. The fourth-order valence-corrected chi connectivity index (χ4v) is 1.86. The standard InChI is InChI=1S/C12H11ClN8/c13-8-3-1-4-9(7-8)16-10-17-11(20-14)19-12(18-10)21-6-2-5-15-21/h1-7H,14H2,(H2,16,17,18,19,20). The second kappa shape index (κ2) is 5.73. The summed E-state index contributed by atoms with van der Waals surface area (Å²) in [6.45, 7) is 0. The normalized spacial score (nSPS) is 10.4. The number of hydrogen-bond donors (Lipinski definition) is 3. The number of halogens is 1. The average molecular weight is 303 g/mol. The smallest absolute Gasteiger partial charge is 0.257 e. The van der Waals surface area contributed by atoms with E-state index in [1.807, 2.05) is 12.1 Å². The number of hydrogen-bond acceptors (Lipinski definition) is 7. The predicted octanol–water partition coefficient (Wildman–Crippen LogP) is 1.74. The maximum atomic E-state index is 5.94. The largest absolute Gasteiger partial charge is 0.324 e. The summed E-state index contributed by atoms with van der Waals surface area (Å²) in [7, 11) is 0. The SMILES string of the molecule is NNc1nc(Nc2cccc(Cl)c2)nc(-n2cccn2)n1. The van der Waals surface area contributed by atoms with Crippen LogP contribution in [0.5, 0.6) is 0 Å². The number of benzene rings is 1. The Morgan fingerprint density at radius 3 is 2.67 bits per heavy atom. The minimum atomic E-state index is 0.222.